The SMILES string of the molecule is CC(C)(C)c1cc(Oc2[c-]c(-c3nccc4ccccc34)cc(C(C)(C)C)c2)[c-]c(-c2cc(C(C)(C)C)ccn2)c1.[Pt+2]. The molecule has 0 saturated carbocycles. The monoisotopic (exact) mass is 735 g/mol. The summed E-state index contributed by atoms with van der Waals surface area (Å²) in [5.74, 6) is 1.29. The van der Waals surface area contributed by atoms with Crippen molar-refractivity contribution in [1.82, 2.24) is 9.97 Å². The van der Waals surface area contributed by atoms with Crippen molar-refractivity contribution in [3.05, 3.63) is 108 Å². The van der Waals surface area contributed by atoms with E-state index in [1.807, 2.05) is 18.5 Å². The van der Waals surface area contributed by atoms with Crippen LogP contribution in [0.1, 0.15) is 79.0 Å². The molecule has 0 aliphatic heterocycles. The first-order valence-electron chi connectivity index (χ1n) is 14.3. The Hall–Kier alpha value is -3.29. The molecular formula is C38H40N2OPt. The molecule has 0 N–H and O–H groups in total. The van der Waals surface area contributed by atoms with Gasteiger partial charge in [0.15, 0.2) is 0 Å². The van der Waals surface area contributed by atoms with Crippen molar-refractivity contribution in [2.75, 3.05) is 0 Å². The number of hydrogen-bond acceptors (Lipinski definition) is 3. The standard InChI is InChI=1S/C38H40N2O.Pt/c1-36(2,3)28-15-17-39-34(24-28)26-18-29(37(4,5)6)22-31(20-26)41-32-21-27(19-30(23-32)38(7,8)9)35-33-13-11-10-12-25(33)14-16-40-35;/h10-19,22-24H,1-9H3;/q-2;+2. The summed E-state index contributed by atoms with van der Waals surface area (Å²) in [5, 5.41) is 2.24. The molecule has 0 fully saturated rings. The van der Waals surface area contributed by atoms with Crippen molar-refractivity contribution in [2.45, 2.75) is 78.6 Å². The van der Waals surface area contributed by atoms with Crippen LogP contribution in [0.2, 0.25) is 0 Å². The van der Waals surface area contributed by atoms with Crippen LogP contribution in [0.3, 0.4) is 0 Å². The summed E-state index contributed by atoms with van der Waals surface area (Å²) < 4.78 is 6.62. The molecule has 42 heavy (non-hydrogen) atoms. The van der Waals surface area contributed by atoms with Crippen molar-refractivity contribution in [3.8, 4) is 34.0 Å². The second-order valence-corrected chi connectivity index (χ2v) is 14.0. The molecule has 0 aliphatic carbocycles. The van der Waals surface area contributed by atoms with E-state index in [0.717, 1.165) is 44.4 Å². The topological polar surface area (TPSA) is 35.0 Å². The van der Waals surface area contributed by atoms with E-state index in [9.17, 15) is 0 Å². The smallest absolute Gasteiger partial charge is 0.497 e. The minimum absolute atomic E-state index is 0. The maximum absolute atomic E-state index is 6.62. The van der Waals surface area contributed by atoms with Gasteiger partial charge in [-0.2, -0.15) is 0 Å². The maximum Gasteiger partial charge on any atom is 2.00 e. The number of fused-ring (bicyclic) bond motifs is 1. The quantitative estimate of drug-likeness (QED) is 0.173. The summed E-state index contributed by atoms with van der Waals surface area (Å²) in [4.78, 5) is 9.49. The first-order chi connectivity index (χ1) is 19.2. The van der Waals surface area contributed by atoms with E-state index in [1.165, 1.54) is 5.56 Å². The molecule has 0 radical (unpaired) electrons. The summed E-state index contributed by atoms with van der Waals surface area (Å²) in [7, 11) is 0. The van der Waals surface area contributed by atoms with Crippen molar-refractivity contribution in [1.29, 1.82) is 0 Å². The zero-order chi connectivity index (χ0) is 29.6. The van der Waals surface area contributed by atoms with E-state index in [-0.39, 0.29) is 37.3 Å². The summed E-state index contributed by atoms with van der Waals surface area (Å²) >= 11 is 0. The normalized spacial score (nSPS) is 12.2. The molecular weight excluding hydrogens is 696 g/mol. The molecule has 4 heteroatoms. The molecule has 0 amide bonds. The molecule has 218 valence electrons. The van der Waals surface area contributed by atoms with Crippen LogP contribution in [-0.2, 0) is 37.3 Å². The number of pyridine rings is 2. The molecule has 2 aromatic heterocycles. The Balaban J connectivity index is 0.00000405. The zero-order valence-corrected chi connectivity index (χ0v) is 28.4. The number of hydrogen-bond donors (Lipinski definition) is 0. The fraction of sp³-hybridized carbons (Fsp3) is 0.316. The largest absolute Gasteiger partial charge is 2.00 e. The first kappa shape index (κ1) is 31.6. The number of nitrogens with zero attached hydrogens (tertiary/aromatic N) is 2. The van der Waals surface area contributed by atoms with Crippen LogP contribution in [-0.4, -0.2) is 9.97 Å². The maximum atomic E-state index is 6.62. The Bertz CT molecular complexity index is 1710. The van der Waals surface area contributed by atoms with Gasteiger partial charge in [0.1, 0.15) is 0 Å². The van der Waals surface area contributed by atoms with Crippen molar-refractivity contribution < 1.29 is 25.8 Å². The number of ether oxygens (including phenoxy) is 1. The molecule has 5 aromatic rings. The van der Waals surface area contributed by atoms with Gasteiger partial charge >= 0.3 is 21.1 Å². The van der Waals surface area contributed by atoms with Crippen molar-refractivity contribution >= 4 is 10.8 Å². The van der Waals surface area contributed by atoms with Crippen LogP contribution in [0.25, 0.3) is 33.3 Å². The zero-order valence-electron chi connectivity index (χ0n) is 26.1. The minimum atomic E-state index is -0.0913. The molecule has 0 unspecified atom stereocenters. The number of benzene rings is 3. The van der Waals surface area contributed by atoms with Gasteiger partial charge in [-0.15, -0.1) is 34.4 Å². The third kappa shape index (κ3) is 7.01. The third-order valence-electron chi connectivity index (χ3n) is 7.47. The Morgan fingerprint density at radius 3 is 1.74 bits per heavy atom. The van der Waals surface area contributed by atoms with Crippen molar-refractivity contribution in [3.63, 3.8) is 0 Å². The summed E-state index contributed by atoms with van der Waals surface area (Å²) in [6.45, 7) is 19.9. The molecule has 0 aliphatic rings. The molecule has 3 aromatic carbocycles. The van der Waals surface area contributed by atoms with E-state index < -0.39 is 0 Å². The predicted octanol–water partition coefficient (Wildman–Crippen LogP) is 10.2. The third-order valence-corrected chi connectivity index (χ3v) is 7.47. The number of aromatic nitrogens is 2. The van der Waals surface area contributed by atoms with Gasteiger partial charge < -0.3 is 14.7 Å². The average molecular weight is 736 g/mol. The van der Waals surface area contributed by atoms with Gasteiger partial charge in [-0.1, -0.05) is 117 Å². The minimum Gasteiger partial charge on any atom is -0.497 e. The second-order valence-electron chi connectivity index (χ2n) is 14.0. The van der Waals surface area contributed by atoms with Crippen LogP contribution in [0.15, 0.2) is 79.1 Å². The molecule has 0 bridgehead atoms. The molecule has 5 rings (SSSR count). The van der Waals surface area contributed by atoms with Gasteiger partial charge in [-0.3, -0.25) is 0 Å². The van der Waals surface area contributed by atoms with Crippen LogP contribution >= 0.6 is 0 Å². The van der Waals surface area contributed by atoms with Gasteiger partial charge in [0.25, 0.3) is 0 Å². The van der Waals surface area contributed by atoms with E-state index >= 15 is 0 Å². The van der Waals surface area contributed by atoms with Gasteiger partial charge in [-0.05, 0) is 56.1 Å². The van der Waals surface area contributed by atoms with Gasteiger partial charge in [0.2, 0.25) is 0 Å². The molecule has 0 atom stereocenters. The summed E-state index contributed by atoms with van der Waals surface area (Å²) in [5.41, 5.74) is 7.01. The molecule has 0 spiro atoms. The Labute approximate surface area is 266 Å². The predicted molar refractivity (Wildman–Crippen MR) is 171 cm³/mol. The Morgan fingerprint density at radius 1 is 0.571 bits per heavy atom. The van der Waals surface area contributed by atoms with E-state index in [0.29, 0.717) is 11.5 Å². The second kappa shape index (κ2) is 11.8. The molecule has 3 nitrogen and oxygen atoms in total. The van der Waals surface area contributed by atoms with E-state index in [2.05, 4.69) is 135 Å². The fourth-order valence-electron chi connectivity index (χ4n) is 4.83. The molecule has 0 saturated heterocycles. The van der Waals surface area contributed by atoms with Gasteiger partial charge in [-0.25, -0.2) is 0 Å². The average Bonchev–Trinajstić information content (AvgIpc) is 2.91. The Kier molecular flexibility index (Phi) is 8.87. The van der Waals surface area contributed by atoms with Gasteiger partial charge in [0, 0.05) is 23.9 Å². The van der Waals surface area contributed by atoms with E-state index in [4.69, 9.17) is 14.7 Å². The summed E-state index contributed by atoms with van der Waals surface area (Å²) in [6.07, 6.45) is 3.75. The Morgan fingerprint density at radius 2 is 1.12 bits per heavy atom. The van der Waals surface area contributed by atoms with Crippen LogP contribution in [0, 0.1) is 12.1 Å². The summed E-state index contributed by atoms with van der Waals surface area (Å²) in [6, 6.07) is 30.2. The first-order valence-corrected chi connectivity index (χ1v) is 14.3. The number of rotatable bonds is 4. The fourth-order valence-corrected chi connectivity index (χ4v) is 4.83. The van der Waals surface area contributed by atoms with E-state index in [1.54, 1.807) is 0 Å². The molecule has 2 heterocycles. The van der Waals surface area contributed by atoms with Crippen LogP contribution < -0.4 is 4.74 Å². The van der Waals surface area contributed by atoms with Crippen molar-refractivity contribution in [2.24, 2.45) is 0 Å². The van der Waals surface area contributed by atoms with Crippen LogP contribution in [0.4, 0.5) is 0 Å². The van der Waals surface area contributed by atoms with Gasteiger partial charge in [0.05, 0.1) is 0 Å². The van der Waals surface area contributed by atoms with Crippen LogP contribution in [0.5, 0.6) is 11.5 Å².